The molecule has 0 aliphatic carbocycles. The van der Waals surface area contributed by atoms with Gasteiger partial charge in [0, 0.05) is 16.3 Å². The molecule has 0 atom stereocenters. The van der Waals surface area contributed by atoms with E-state index in [0.29, 0.717) is 11.8 Å². The summed E-state index contributed by atoms with van der Waals surface area (Å²) < 4.78 is 0. The Hall–Kier alpha value is -2.09. The summed E-state index contributed by atoms with van der Waals surface area (Å²) >= 11 is 0. The van der Waals surface area contributed by atoms with Crippen LogP contribution in [0.15, 0.2) is 41.2 Å². The summed E-state index contributed by atoms with van der Waals surface area (Å²) in [6.07, 6.45) is 0. The van der Waals surface area contributed by atoms with Gasteiger partial charge in [0.25, 0.3) is 0 Å². The minimum atomic E-state index is 0.122. The van der Waals surface area contributed by atoms with Gasteiger partial charge in [0.1, 0.15) is 0 Å². The predicted molar refractivity (Wildman–Crippen MR) is 90.3 cm³/mol. The first-order valence-corrected chi connectivity index (χ1v) is 7.57. The molecule has 1 aromatic heterocycles. The van der Waals surface area contributed by atoms with Gasteiger partial charge in [-0.2, -0.15) is 0 Å². The number of H-pyrrole nitrogens is 1. The van der Waals surface area contributed by atoms with Gasteiger partial charge in [0.2, 0.25) is 0 Å². The Labute approximate surface area is 124 Å². The molecular formula is C19H21NO. The Morgan fingerprint density at radius 1 is 0.762 bits per heavy atom. The van der Waals surface area contributed by atoms with Gasteiger partial charge in [-0.1, -0.05) is 39.8 Å². The van der Waals surface area contributed by atoms with Crippen molar-refractivity contribution in [2.45, 2.75) is 39.5 Å². The van der Waals surface area contributed by atoms with Crippen molar-refractivity contribution in [2.75, 3.05) is 0 Å². The van der Waals surface area contributed by atoms with E-state index in [4.69, 9.17) is 0 Å². The SMILES string of the molecule is CC(C)c1ccc2c(=O)c3cc(C(C)C)ccc3[nH]c2c1. The van der Waals surface area contributed by atoms with Crippen molar-refractivity contribution < 1.29 is 0 Å². The molecule has 1 N–H and O–H groups in total. The second-order valence-electron chi connectivity index (χ2n) is 6.37. The van der Waals surface area contributed by atoms with Crippen molar-refractivity contribution in [1.82, 2.24) is 4.98 Å². The smallest absolute Gasteiger partial charge is 0.197 e. The average molecular weight is 279 g/mol. The van der Waals surface area contributed by atoms with Gasteiger partial charge in [-0.15, -0.1) is 0 Å². The Kier molecular flexibility index (Phi) is 3.32. The molecule has 0 amide bonds. The molecule has 0 saturated heterocycles. The third kappa shape index (κ3) is 2.35. The second kappa shape index (κ2) is 5.03. The number of benzene rings is 2. The van der Waals surface area contributed by atoms with Crippen LogP contribution in [-0.4, -0.2) is 4.98 Å². The lowest BCUT2D eigenvalue weighted by atomic mass is 9.98. The van der Waals surface area contributed by atoms with E-state index in [0.717, 1.165) is 21.8 Å². The first-order chi connectivity index (χ1) is 9.97. The maximum atomic E-state index is 12.7. The van der Waals surface area contributed by atoms with E-state index in [-0.39, 0.29) is 5.43 Å². The molecule has 2 heteroatoms. The normalized spacial score (nSPS) is 11.9. The highest BCUT2D eigenvalue weighted by Crippen LogP contribution is 2.23. The Bertz CT molecular complexity index is 872. The van der Waals surface area contributed by atoms with Gasteiger partial charge in [0.05, 0.1) is 5.52 Å². The number of aromatic nitrogens is 1. The number of fused-ring (bicyclic) bond motifs is 2. The van der Waals surface area contributed by atoms with Gasteiger partial charge in [-0.3, -0.25) is 4.79 Å². The van der Waals surface area contributed by atoms with Crippen LogP contribution < -0.4 is 5.43 Å². The number of nitrogens with one attached hydrogen (secondary N) is 1. The summed E-state index contributed by atoms with van der Waals surface area (Å²) in [6, 6.07) is 12.2. The summed E-state index contributed by atoms with van der Waals surface area (Å²) in [7, 11) is 0. The lowest BCUT2D eigenvalue weighted by Gasteiger charge is -2.10. The largest absolute Gasteiger partial charge is 0.354 e. The van der Waals surface area contributed by atoms with E-state index in [2.05, 4.69) is 50.9 Å². The van der Waals surface area contributed by atoms with E-state index in [1.54, 1.807) is 0 Å². The van der Waals surface area contributed by atoms with Crippen molar-refractivity contribution >= 4 is 21.8 Å². The molecule has 0 aliphatic heterocycles. The molecular weight excluding hydrogens is 258 g/mol. The summed E-state index contributed by atoms with van der Waals surface area (Å²) in [4.78, 5) is 16.1. The van der Waals surface area contributed by atoms with Crippen molar-refractivity contribution in [2.24, 2.45) is 0 Å². The van der Waals surface area contributed by atoms with Crippen molar-refractivity contribution in [1.29, 1.82) is 0 Å². The maximum absolute atomic E-state index is 12.7. The highest BCUT2D eigenvalue weighted by Gasteiger charge is 2.09. The van der Waals surface area contributed by atoms with Crippen LogP contribution in [0.3, 0.4) is 0 Å². The van der Waals surface area contributed by atoms with Crippen LogP contribution in [0.1, 0.15) is 50.7 Å². The molecule has 0 unspecified atom stereocenters. The topological polar surface area (TPSA) is 32.9 Å². The van der Waals surface area contributed by atoms with Gasteiger partial charge < -0.3 is 4.98 Å². The van der Waals surface area contributed by atoms with E-state index >= 15 is 0 Å². The first-order valence-electron chi connectivity index (χ1n) is 7.57. The van der Waals surface area contributed by atoms with Gasteiger partial charge in [-0.25, -0.2) is 0 Å². The van der Waals surface area contributed by atoms with Crippen LogP contribution in [0, 0.1) is 0 Å². The van der Waals surface area contributed by atoms with E-state index in [9.17, 15) is 4.79 Å². The van der Waals surface area contributed by atoms with E-state index in [1.807, 2.05) is 18.2 Å². The molecule has 0 spiro atoms. The molecule has 0 radical (unpaired) electrons. The van der Waals surface area contributed by atoms with E-state index < -0.39 is 0 Å². The molecule has 0 bridgehead atoms. The zero-order valence-corrected chi connectivity index (χ0v) is 13.0. The molecule has 21 heavy (non-hydrogen) atoms. The number of hydrogen-bond acceptors (Lipinski definition) is 1. The van der Waals surface area contributed by atoms with Crippen molar-refractivity contribution in [3.63, 3.8) is 0 Å². The molecule has 2 aromatic carbocycles. The second-order valence-corrected chi connectivity index (χ2v) is 6.37. The van der Waals surface area contributed by atoms with Crippen LogP contribution in [-0.2, 0) is 0 Å². The number of rotatable bonds is 2. The lowest BCUT2D eigenvalue weighted by molar-refractivity contribution is 0.867. The molecule has 0 aliphatic rings. The van der Waals surface area contributed by atoms with Crippen LogP contribution in [0.5, 0.6) is 0 Å². The van der Waals surface area contributed by atoms with Crippen LogP contribution in [0.2, 0.25) is 0 Å². The molecule has 1 heterocycles. The van der Waals surface area contributed by atoms with Crippen molar-refractivity contribution in [3.8, 4) is 0 Å². The zero-order valence-electron chi connectivity index (χ0n) is 13.0. The van der Waals surface area contributed by atoms with Gasteiger partial charge >= 0.3 is 0 Å². The van der Waals surface area contributed by atoms with Crippen LogP contribution in [0.4, 0.5) is 0 Å². The Balaban J connectivity index is 2.34. The number of aromatic amines is 1. The fourth-order valence-corrected chi connectivity index (χ4v) is 2.73. The number of hydrogen-bond donors (Lipinski definition) is 1. The Morgan fingerprint density at radius 2 is 1.38 bits per heavy atom. The lowest BCUT2D eigenvalue weighted by Crippen LogP contribution is -2.05. The van der Waals surface area contributed by atoms with Crippen LogP contribution in [0.25, 0.3) is 21.8 Å². The Morgan fingerprint density at radius 3 is 2.05 bits per heavy atom. The summed E-state index contributed by atoms with van der Waals surface area (Å²) in [5.74, 6) is 0.879. The van der Waals surface area contributed by atoms with Gasteiger partial charge in [0.15, 0.2) is 5.43 Å². The predicted octanol–water partition coefficient (Wildman–Crippen LogP) is 4.93. The molecule has 0 saturated carbocycles. The zero-order chi connectivity index (χ0) is 15.1. The fraction of sp³-hybridized carbons (Fsp3) is 0.316. The molecule has 3 aromatic rings. The third-order valence-corrected chi connectivity index (χ3v) is 4.18. The molecule has 0 fully saturated rings. The molecule has 2 nitrogen and oxygen atoms in total. The van der Waals surface area contributed by atoms with Crippen molar-refractivity contribution in [3.05, 3.63) is 57.7 Å². The molecule has 108 valence electrons. The van der Waals surface area contributed by atoms with E-state index in [1.165, 1.54) is 11.1 Å². The summed E-state index contributed by atoms with van der Waals surface area (Å²) in [6.45, 7) is 8.61. The minimum Gasteiger partial charge on any atom is -0.354 e. The standard InChI is InChI=1S/C19H21NO/c1-11(2)13-6-8-17-16(9-13)19(21)15-7-5-14(12(3)4)10-18(15)20-17/h5-12H,1-4H3,(H,20,21). The highest BCUT2D eigenvalue weighted by molar-refractivity contribution is 5.93. The molecule has 3 rings (SSSR count). The maximum Gasteiger partial charge on any atom is 0.197 e. The fourth-order valence-electron chi connectivity index (χ4n) is 2.73. The first kappa shape index (κ1) is 13.9. The summed E-state index contributed by atoms with van der Waals surface area (Å²) in [5, 5.41) is 1.55. The van der Waals surface area contributed by atoms with Crippen LogP contribution >= 0.6 is 0 Å². The summed E-state index contributed by atoms with van der Waals surface area (Å²) in [5.41, 5.74) is 4.41. The highest BCUT2D eigenvalue weighted by atomic mass is 16.1. The van der Waals surface area contributed by atoms with Gasteiger partial charge in [-0.05, 0) is 47.2 Å². The monoisotopic (exact) mass is 279 g/mol. The third-order valence-electron chi connectivity index (χ3n) is 4.18. The minimum absolute atomic E-state index is 0.122. The number of pyridine rings is 1. The quantitative estimate of drug-likeness (QED) is 0.663. The average Bonchev–Trinajstić information content (AvgIpc) is 2.46.